The van der Waals surface area contributed by atoms with Crippen LogP contribution in [0.3, 0.4) is 0 Å². The Balaban J connectivity index is 2.16. The number of hydrogen-bond donors (Lipinski definition) is 1. The largest absolute Gasteiger partial charge is 0.461 e. The summed E-state index contributed by atoms with van der Waals surface area (Å²) < 4.78 is 11.4. The van der Waals surface area contributed by atoms with Crippen molar-refractivity contribution in [3.63, 3.8) is 0 Å². The number of ether oxygens (including phenoxy) is 2. The van der Waals surface area contributed by atoms with Gasteiger partial charge in [-0.25, -0.2) is 0 Å². The van der Waals surface area contributed by atoms with E-state index >= 15 is 0 Å². The van der Waals surface area contributed by atoms with E-state index in [1.165, 1.54) is 6.92 Å². The van der Waals surface area contributed by atoms with Gasteiger partial charge in [0.1, 0.15) is 17.5 Å². The third-order valence-corrected chi connectivity index (χ3v) is 8.24. The number of ketones is 2. The van der Waals surface area contributed by atoms with Crippen LogP contribution in [0, 0.1) is 34.5 Å². The summed E-state index contributed by atoms with van der Waals surface area (Å²) in [5, 5.41) is 11.1. The quantitative estimate of drug-likeness (QED) is 0.707. The monoisotopic (exact) mass is 408 g/mol. The molecule has 3 saturated carbocycles. The van der Waals surface area contributed by atoms with Gasteiger partial charge >= 0.3 is 5.97 Å². The number of esters is 1. The summed E-state index contributed by atoms with van der Waals surface area (Å²) in [6, 6.07) is 0. The fraction of sp³-hybridized carbons (Fsp3) is 0.870. The zero-order chi connectivity index (χ0) is 21.9. The van der Waals surface area contributed by atoms with Crippen LogP contribution in [0.15, 0.2) is 0 Å². The molecule has 6 heteroatoms. The first-order valence-corrected chi connectivity index (χ1v) is 10.8. The fourth-order valence-corrected chi connectivity index (χ4v) is 6.76. The predicted molar refractivity (Wildman–Crippen MR) is 107 cm³/mol. The van der Waals surface area contributed by atoms with Crippen LogP contribution in [-0.2, 0) is 23.9 Å². The van der Waals surface area contributed by atoms with Gasteiger partial charge in [0, 0.05) is 26.4 Å². The van der Waals surface area contributed by atoms with E-state index in [0.717, 1.165) is 0 Å². The zero-order valence-electron chi connectivity index (χ0n) is 18.8. The second-order valence-corrected chi connectivity index (χ2v) is 10.8. The minimum atomic E-state index is -1.51. The molecule has 0 radical (unpaired) electrons. The van der Waals surface area contributed by atoms with E-state index in [4.69, 9.17) is 9.47 Å². The van der Waals surface area contributed by atoms with Crippen molar-refractivity contribution in [2.45, 2.75) is 85.0 Å². The number of Topliss-reactive ketones (excluding diaryl/α,β-unsaturated/α-hetero) is 2. The van der Waals surface area contributed by atoms with Gasteiger partial charge in [-0.05, 0) is 56.3 Å². The second-order valence-electron chi connectivity index (χ2n) is 10.8. The third kappa shape index (κ3) is 3.46. The van der Waals surface area contributed by atoms with Crippen molar-refractivity contribution in [2.24, 2.45) is 34.5 Å². The first-order chi connectivity index (χ1) is 13.3. The maximum atomic E-state index is 14.1. The molecule has 8 atom stereocenters. The van der Waals surface area contributed by atoms with Crippen LogP contribution in [0.4, 0.5) is 0 Å². The summed E-state index contributed by atoms with van der Waals surface area (Å²) >= 11 is 0. The normalized spacial score (nSPS) is 47.0. The highest BCUT2D eigenvalue weighted by atomic mass is 16.5. The highest BCUT2D eigenvalue weighted by molar-refractivity contribution is 5.93. The lowest BCUT2D eigenvalue weighted by atomic mass is 9.64. The van der Waals surface area contributed by atoms with E-state index in [1.54, 1.807) is 14.0 Å². The molecule has 3 aliphatic carbocycles. The number of carbonyl (C=O) groups is 3. The van der Waals surface area contributed by atoms with Crippen LogP contribution < -0.4 is 0 Å². The number of hydrogen-bond acceptors (Lipinski definition) is 6. The van der Waals surface area contributed by atoms with Crippen LogP contribution in [0.25, 0.3) is 0 Å². The smallest absolute Gasteiger partial charge is 0.302 e. The SMILES string of the molecule is CO[C@@H]1[C@H]2C[C@@](C)(O)C(=O)C[C@H]3C(C)(C)C[C@H](OC(C)=O)[C@@]3(C)C(=O)[C@H]2C[C@H]1C. The fourth-order valence-electron chi connectivity index (χ4n) is 6.76. The topological polar surface area (TPSA) is 89.9 Å². The molecule has 0 amide bonds. The van der Waals surface area contributed by atoms with E-state index in [2.05, 4.69) is 6.92 Å². The predicted octanol–water partition coefficient (Wildman–Crippen LogP) is 2.94. The number of rotatable bonds is 2. The molecule has 0 aromatic heterocycles. The molecule has 6 nitrogen and oxygen atoms in total. The standard InChI is InChI=1S/C23H36O6/c1-12-8-14-15(19(12)28-7)10-22(5,27)17(25)9-16-21(3,4)11-18(29-13(2)24)23(16,6)20(14)26/h12,14-16,18-19,27H,8-11H2,1-7H3/t12-,14+,15+,16+,18+,19+,22-,23+/m1/s1. The molecule has 0 unspecified atom stereocenters. The van der Waals surface area contributed by atoms with E-state index in [9.17, 15) is 19.5 Å². The lowest BCUT2D eigenvalue weighted by Gasteiger charge is -2.39. The van der Waals surface area contributed by atoms with Crippen LogP contribution in [-0.4, -0.2) is 47.6 Å². The molecule has 0 bridgehead atoms. The summed E-state index contributed by atoms with van der Waals surface area (Å²) in [7, 11) is 1.63. The van der Waals surface area contributed by atoms with E-state index in [-0.39, 0.29) is 59.6 Å². The maximum Gasteiger partial charge on any atom is 0.302 e. The molecule has 1 N–H and O–H groups in total. The van der Waals surface area contributed by atoms with Gasteiger partial charge < -0.3 is 14.6 Å². The van der Waals surface area contributed by atoms with Crippen LogP contribution in [0.5, 0.6) is 0 Å². The second kappa shape index (κ2) is 7.16. The molecule has 164 valence electrons. The molecule has 3 rings (SSSR count). The average molecular weight is 409 g/mol. The lowest BCUT2D eigenvalue weighted by Crippen LogP contribution is -2.47. The minimum Gasteiger partial charge on any atom is -0.461 e. The zero-order valence-corrected chi connectivity index (χ0v) is 18.8. The summed E-state index contributed by atoms with van der Waals surface area (Å²) in [5.41, 5.74) is -2.84. The number of fused-ring (bicyclic) bond motifs is 2. The molecule has 0 aromatic carbocycles. The molecule has 3 aliphatic rings. The van der Waals surface area contributed by atoms with Gasteiger partial charge in [-0.2, -0.15) is 0 Å². The summed E-state index contributed by atoms with van der Waals surface area (Å²) in [6.45, 7) is 10.9. The Hall–Kier alpha value is -1.27. The minimum absolute atomic E-state index is 0.0567. The molecule has 0 saturated heterocycles. The molecule has 0 aromatic rings. The first-order valence-electron chi connectivity index (χ1n) is 10.8. The van der Waals surface area contributed by atoms with Gasteiger partial charge in [0.15, 0.2) is 5.78 Å². The summed E-state index contributed by atoms with van der Waals surface area (Å²) in [6.07, 6.45) is 0.738. The third-order valence-electron chi connectivity index (χ3n) is 8.24. The van der Waals surface area contributed by atoms with Gasteiger partial charge in [0.25, 0.3) is 0 Å². The maximum absolute atomic E-state index is 14.1. The molecule has 0 aliphatic heterocycles. The molecule has 0 heterocycles. The lowest BCUT2D eigenvalue weighted by molar-refractivity contribution is -0.158. The van der Waals surface area contributed by atoms with E-state index in [1.807, 2.05) is 20.8 Å². The highest BCUT2D eigenvalue weighted by Gasteiger charge is 2.65. The Labute approximate surface area is 173 Å². The molecule has 0 spiro atoms. The molecular formula is C23H36O6. The van der Waals surface area contributed by atoms with Gasteiger partial charge in [0.2, 0.25) is 0 Å². The van der Waals surface area contributed by atoms with Crippen molar-refractivity contribution in [3.8, 4) is 0 Å². The highest BCUT2D eigenvalue weighted by Crippen LogP contribution is 2.61. The summed E-state index contributed by atoms with van der Waals surface area (Å²) in [4.78, 5) is 39.1. The number of methoxy groups -OCH3 is 1. The van der Waals surface area contributed by atoms with Gasteiger partial charge in [-0.3, -0.25) is 14.4 Å². The molecule has 3 fully saturated rings. The van der Waals surface area contributed by atoms with Crippen molar-refractivity contribution in [3.05, 3.63) is 0 Å². The first kappa shape index (κ1) is 22.4. The van der Waals surface area contributed by atoms with Gasteiger partial charge in [0.05, 0.1) is 11.5 Å². The van der Waals surface area contributed by atoms with Crippen LogP contribution >= 0.6 is 0 Å². The summed E-state index contributed by atoms with van der Waals surface area (Å²) in [5.74, 6) is -1.32. The van der Waals surface area contributed by atoms with Crippen molar-refractivity contribution in [1.29, 1.82) is 0 Å². The van der Waals surface area contributed by atoms with Crippen molar-refractivity contribution in [1.82, 2.24) is 0 Å². The number of carbonyl (C=O) groups excluding carboxylic acids is 3. The van der Waals surface area contributed by atoms with Crippen LogP contribution in [0.2, 0.25) is 0 Å². The Morgan fingerprint density at radius 2 is 1.76 bits per heavy atom. The van der Waals surface area contributed by atoms with Crippen LogP contribution in [0.1, 0.15) is 67.2 Å². The average Bonchev–Trinajstić information content (AvgIpc) is 2.99. The van der Waals surface area contributed by atoms with Crippen molar-refractivity contribution >= 4 is 17.5 Å². The number of aliphatic hydroxyl groups is 1. The van der Waals surface area contributed by atoms with Crippen molar-refractivity contribution < 1.29 is 29.0 Å². The van der Waals surface area contributed by atoms with E-state index in [0.29, 0.717) is 12.8 Å². The van der Waals surface area contributed by atoms with E-state index < -0.39 is 23.1 Å². The van der Waals surface area contributed by atoms with Crippen molar-refractivity contribution in [2.75, 3.05) is 7.11 Å². The Morgan fingerprint density at radius 1 is 1.14 bits per heavy atom. The van der Waals surface area contributed by atoms with Gasteiger partial charge in [-0.1, -0.05) is 20.8 Å². The Bertz CT molecular complexity index is 710. The Morgan fingerprint density at radius 3 is 2.31 bits per heavy atom. The Kier molecular flexibility index (Phi) is 5.53. The molecule has 29 heavy (non-hydrogen) atoms. The van der Waals surface area contributed by atoms with Gasteiger partial charge in [-0.15, -0.1) is 0 Å². The molecular weight excluding hydrogens is 372 g/mol.